The first kappa shape index (κ1) is 16.4. The molecule has 1 nitrogen and oxygen atoms in total. The van der Waals surface area contributed by atoms with E-state index in [1.165, 1.54) is 33.4 Å². The van der Waals surface area contributed by atoms with E-state index in [1.807, 2.05) is 0 Å². The Bertz CT molecular complexity index is 822. The predicted molar refractivity (Wildman–Crippen MR) is 105 cm³/mol. The van der Waals surface area contributed by atoms with Crippen LogP contribution in [0.5, 0.6) is 0 Å². The van der Waals surface area contributed by atoms with Gasteiger partial charge in [-0.15, -0.1) is 0 Å². The maximum atomic E-state index is 4.85. The molecule has 0 N–H and O–H groups in total. The van der Waals surface area contributed by atoms with E-state index in [2.05, 4.69) is 88.4 Å². The topological polar surface area (TPSA) is 12.4 Å². The largest absolute Gasteiger partial charge is 0.285 e. The van der Waals surface area contributed by atoms with Crippen LogP contribution in [0, 0.1) is 0 Å². The molecule has 122 valence electrons. The molecule has 0 aromatic heterocycles. The van der Waals surface area contributed by atoms with E-state index in [1.54, 1.807) is 0 Å². The predicted octanol–water partition coefficient (Wildman–Crippen LogP) is 6.17. The lowest BCUT2D eigenvalue weighted by Crippen LogP contribution is -2.12. The highest BCUT2D eigenvalue weighted by Crippen LogP contribution is 2.31. The van der Waals surface area contributed by atoms with E-state index >= 15 is 0 Å². The highest BCUT2D eigenvalue weighted by Gasteiger charge is 2.18. The molecule has 0 heterocycles. The molecule has 0 saturated heterocycles. The zero-order valence-electron chi connectivity index (χ0n) is 15.0. The summed E-state index contributed by atoms with van der Waals surface area (Å²) in [5.41, 5.74) is 8.83. The van der Waals surface area contributed by atoms with Gasteiger partial charge in [0.1, 0.15) is 0 Å². The van der Waals surface area contributed by atoms with Crippen molar-refractivity contribution in [3.63, 3.8) is 0 Å². The second-order valence-corrected chi connectivity index (χ2v) is 6.45. The van der Waals surface area contributed by atoms with Crippen molar-refractivity contribution in [2.45, 2.75) is 33.6 Å². The van der Waals surface area contributed by atoms with Gasteiger partial charge in [-0.05, 0) is 60.6 Å². The van der Waals surface area contributed by atoms with Crippen LogP contribution >= 0.6 is 0 Å². The number of nitrogens with zero attached hydrogens (tertiary/aromatic N) is 1. The molecule has 0 radical (unpaired) electrons. The Balaban J connectivity index is 2.24. The zero-order chi connectivity index (χ0) is 17.1. The summed E-state index contributed by atoms with van der Waals surface area (Å²) < 4.78 is 0. The monoisotopic (exact) mass is 315 g/mol. The lowest BCUT2D eigenvalue weighted by Gasteiger charge is -2.21. The lowest BCUT2D eigenvalue weighted by molar-refractivity contribution is 0.957. The molecule has 24 heavy (non-hydrogen) atoms. The van der Waals surface area contributed by atoms with Crippen molar-refractivity contribution in [1.29, 1.82) is 0 Å². The first-order chi connectivity index (χ1) is 11.6. The van der Waals surface area contributed by atoms with Gasteiger partial charge in [0.2, 0.25) is 0 Å². The van der Waals surface area contributed by atoms with Gasteiger partial charge in [0.05, 0.1) is 5.71 Å². The third-order valence-corrected chi connectivity index (χ3v) is 4.80. The molecule has 0 spiro atoms. The first-order valence-corrected chi connectivity index (χ1v) is 8.72. The molecule has 0 aliphatic heterocycles. The first-order valence-electron chi connectivity index (χ1n) is 8.72. The zero-order valence-corrected chi connectivity index (χ0v) is 15.0. The van der Waals surface area contributed by atoms with Gasteiger partial charge in [-0.3, -0.25) is 4.99 Å². The Morgan fingerprint density at radius 2 is 1.71 bits per heavy atom. The fourth-order valence-electron chi connectivity index (χ4n) is 3.24. The lowest BCUT2D eigenvalue weighted by atomic mass is 9.85. The molecule has 3 rings (SSSR count). The Morgan fingerprint density at radius 3 is 2.42 bits per heavy atom. The van der Waals surface area contributed by atoms with E-state index in [0.29, 0.717) is 5.92 Å². The minimum absolute atomic E-state index is 0.384. The summed E-state index contributed by atoms with van der Waals surface area (Å²) in [5, 5.41) is 0. The summed E-state index contributed by atoms with van der Waals surface area (Å²) in [4.78, 5) is 4.85. The molecule has 0 amide bonds. The molecule has 2 aromatic carbocycles. The summed E-state index contributed by atoms with van der Waals surface area (Å²) in [6.07, 6.45) is 4.53. The van der Waals surface area contributed by atoms with Crippen LogP contribution in [0.1, 0.15) is 44.7 Å². The van der Waals surface area contributed by atoms with Crippen molar-refractivity contribution in [2.24, 2.45) is 4.99 Å². The molecule has 0 saturated carbocycles. The Kier molecular flexibility index (Phi) is 4.80. The van der Waals surface area contributed by atoms with E-state index in [4.69, 9.17) is 4.99 Å². The van der Waals surface area contributed by atoms with Crippen molar-refractivity contribution in [2.75, 3.05) is 6.54 Å². The smallest absolute Gasteiger partial charge is 0.0681 e. The van der Waals surface area contributed by atoms with E-state index in [9.17, 15) is 0 Å². The van der Waals surface area contributed by atoms with Gasteiger partial charge in [0.25, 0.3) is 0 Å². The normalized spacial score (nSPS) is 23.5. The molecule has 0 bridgehead atoms. The Morgan fingerprint density at radius 1 is 0.958 bits per heavy atom. The van der Waals surface area contributed by atoms with Gasteiger partial charge in [-0.25, -0.2) is 0 Å². The van der Waals surface area contributed by atoms with Crippen molar-refractivity contribution >= 4 is 5.71 Å². The summed E-state index contributed by atoms with van der Waals surface area (Å²) in [7, 11) is 0. The minimum Gasteiger partial charge on any atom is -0.285 e. The third-order valence-electron chi connectivity index (χ3n) is 4.80. The Hall–Kier alpha value is -2.41. The van der Waals surface area contributed by atoms with Crippen LogP contribution in [0.25, 0.3) is 11.1 Å². The van der Waals surface area contributed by atoms with Crippen LogP contribution < -0.4 is 0 Å². The summed E-state index contributed by atoms with van der Waals surface area (Å²) in [6.45, 7) is 9.52. The van der Waals surface area contributed by atoms with Crippen molar-refractivity contribution in [3.05, 3.63) is 83.0 Å². The number of hydrogen-bond donors (Lipinski definition) is 0. The van der Waals surface area contributed by atoms with Crippen molar-refractivity contribution in [3.8, 4) is 11.1 Å². The molecule has 1 atom stereocenters. The molecule has 1 heteroatoms. The van der Waals surface area contributed by atoms with Crippen LogP contribution in [0.2, 0.25) is 0 Å². The molecule has 1 aliphatic rings. The average Bonchev–Trinajstić information content (AvgIpc) is 2.63. The molecule has 2 aromatic rings. The number of rotatable bonds is 2. The maximum absolute atomic E-state index is 4.85. The summed E-state index contributed by atoms with van der Waals surface area (Å²) in [6, 6.07) is 17.4. The highest BCUT2D eigenvalue weighted by molar-refractivity contribution is 6.14. The van der Waals surface area contributed by atoms with Crippen LogP contribution in [-0.2, 0) is 0 Å². The minimum atomic E-state index is 0.384. The van der Waals surface area contributed by atoms with Crippen molar-refractivity contribution in [1.82, 2.24) is 0 Å². The van der Waals surface area contributed by atoms with E-state index in [0.717, 1.165) is 12.3 Å². The number of benzene rings is 2. The quantitative estimate of drug-likeness (QED) is 0.628. The van der Waals surface area contributed by atoms with E-state index < -0.39 is 0 Å². The summed E-state index contributed by atoms with van der Waals surface area (Å²) >= 11 is 0. The van der Waals surface area contributed by atoms with Crippen LogP contribution in [0.3, 0.4) is 0 Å². The second kappa shape index (κ2) is 7.00. The van der Waals surface area contributed by atoms with Crippen LogP contribution in [-0.4, -0.2) is 12.3 Å². The van der Waals surface area contributed by atoms with Gasteiger partial charge >= 0.3 is 0 Å². The number of hydrogen-bond acceptors (Lipinski definition) is 1. The van der Waals surface area contributed by atoms with Gasteiger partial charge < -0.3 is 0 Å². The molecule has 1 unspecified atom stereocenters. The highest BCUT2D eigenvalue weighted by atomic mass is 14.7. The number of fused-ring (bicyclic) bond motifs is 1. The number of allylic oxidation sites excluding steroid dienone is 4. The fraction of sp³-hybridized carbons (Fsp3) is 0.261. The second-order valence-electron chi connectivity index (χ2n) is 6.45. The van der Waals surface area contributed by atoms with Gasteiger partial charge in [0, 0.05) is 12.1 Å². The SMILES string of the molecule is CC/N=C1/C(C)=C(C)\C=C/C(C)c2ccc(-c3ccccc3)cc21. The van der Waals surface area contributed by atoms with Crippen LogP contribution in [0.4, 0.5) is 0 Å². The Labute approximate surface area is 145 Å². The van der Waals surface area contributed by atoms with Crippen molar-refractivity contribution < 1.29 is 0 Å². The molecular weight excluding hydrogens is 290 g/mol. The summed E-state index contributed by atoms with van der Waals surface area (Å²) in [5.74, 6) is 0.384. The van der Waals surface area contributed by atoms with Gasteiger partial charge in [0.15, 0.2) is 0 Å². The standard InChI is InChI=1S/C23H25N/c1-5-24-23-18(4)16(2)11-12-17(3)21-14-13-20(15-22(21)23)19-9-7-6-8-10-19/h6-15,17H,5H2,1-4H3/b12-11-,18-16-,24-23-. The third kappa shape index (κ3) is 3.12. The van der Waals surface area contributed by atoms with Gasteiger partial charge in [-0.2, -0.15) is 0 Å². The molecular formula is C23H25N. The average molecular weight is 315 g/mol. The number of aliphatic imine (C=N–C) groups is 1. The van der Waals surface area contributed by atoms with Crippen LogP contribution in [0.15, 0.2) is 76.8 Å². The fourth-order valence-corrected chi connectivity index (χ4v) is 3.24. The van der Waals surface area contributed by atoms with E-state index in [-0.39, 0.29) is 0 Å². The molecule has 0 fully saturated rings. The van der Waals surface area contributed by atoms with Gasteiger partial charge in [-0.1, -0.05) is 61.5 Å². The molecule has 1 aliphatic carbocycles. The maximum Gasteiger partial charge on any atom is 0.0681 e.